The number of hydrogen-bond acceptors (Lipinski definition) is 4. The maximum absolute atomic E-state index is 12.2. The molecule has 2 heterocycles. The fourth-order valence-electron chi connectivity index (χ4n) is 2.76. The van der Waals surface area contributed by atoms with Gasteiger partial charge in [-0.3, -0.25) is 4.79 Å². The first kappa shape index (κ1) is 16.0. The average Bonchev–Trinajstić information content (AvgIpc) is 2.99. The number of nitrogens with zero attached hydrogens (tertiary/aromatic N) is 2. The smallest absolute Gasteiger partial charge is 0.257 e. The summed E-state index contributed by atoms with van der Waals surface area (Å²) in [6, 6.07) is 2.78. The third-order valence-electron chi connectivity index (χ3n) is 4.08. The van der Waals surface area contributed by atoms with Gasteiger partial charge in [-0.25, -0.2) is 0 Å². The second-order valence-electron chi connectivity index (χ2n) is 6.24. The molecule has 1 atom stereocenters. The lowest BCUT2D eigenvalue weighted by atomic mass is 10.0. The molecule has 0 aromatic carbocycles. The van der Waals surface area contributed by atoms with Gasteiger partial charge in [0, 0.05) is 25.2 Å². The largest absolute Gasteiger partial charge is 0.472 e. The number of rotatable bonds is 6. The third-order valence-corrected chi connectivity index (χ3v) is 4.08. The van der Waals surface area contributed by atoms with Crippen LogP contribution in [0.2, 0.25) is 0 Å². The summed E-state index contributed by atoms with van der Waals surface area (Å²) in [4.78, 5) is 16.3. The van der Waals surface area contributed by atoms with E-state index in [0.29, 0.717) is 17.6 Å². The number of carbonyl (C=O) groups excluding carboxylic acids is 1. The highest BCUT2D eigenvalue weighted by molar-refractivity contribution is 5.93. The number of furan rings is 1. The lowest BCUT2D eigenvalue weighted by Crippen LogP contribution is -2.47. The van der Waals surface area contributed by atoms with Crippen molar-refractivity contribution in [1.29, 1.82) is 0 Å². The van der Waals surface area contributed by atoms with Crippen molar-refractivity contribution in [3.05, 3.63) is 24.2 Å². The van der Waals surface area contributed by atoms with E-state index in [4.69, 9.17) is 4.42 Å². The Morgan fingerprint density at radius 3 is 2.76 bits per heavy atom. The van der Waals surface area contributed by atoms with Crippen LogP contribution in [0.3, 0.4) is 0 Å². The molecule has 0 bridgehead atoms. The molecule has 1 N–H and O–H groups in total. The van der Waals surface area contributed by atoms with Gasteiger partial charge in [0.1, 0.15) is 6.26 Å². The first-order valence-electron chi connectivity index (χ1n) is 7.78. The molecule has 1 aliphatic heterocycles. The molecule has 0 aliphatic carbocycles. The van der Waals surface area contributed by atoms with E-state index in [1.165, 1.54) is 6.26 Å². The van der Waals surface area contributed by atoms with Crippen molar-refractivity contribution in [3.63, 3.8) is 0 Å². The molecular formula is C16H27N3O2. The molecule has 0 radical (unpaired) electrons. The van der Waals surface area contributed by atoms with E-state index in [1.807, 2.05) is 4.90 Å². The Labute approximate surface area is 127 Å². The highest BCUT2D eigenvalue weighted by Gasteiger charge is 2.24. The molecule has 0 unspecified atom stereocenters. The molecule has 1 amide bonds. The molecule has 2 rings (SSSR count). The van der Waals surface area contributed by atoms with Gasteiger partial charge in [-0.2, -0.15) is 0 Å². The van der Waals surface area contributed by atoms with Crippen LogP contribution >= 0.6 is 0 Å². The Balaban J connectivity index is 1.72. The highest BCUT2D eigenvalue weighted by atomic mass is 16.3. The topological polar surface area (TPSA) is 48.7 Å². The molecule has 1 aromatic heterocycles. The normalized spacial score (nSPS) is 18.2. The van der Waals surface area contributed by atoms with Gasteiger partial charge in [0.05, 0.1) is 11.8 Å². The number of likely N-dealkylation sites (tertiary alicyclic amines) is 1. The number of amides is 1. The van der Waals surface area contributed by atoms with Crippen molar-refractivity contribution >= 4 is 5.91 Å². The standard InChI is InChI=1S/C16H27N3O2/c1-13(4-8-18(2)3)17-15-5-9-19(10-6-15)16(20)14-7-11-21-12-14/h7,11-13,15,17H,4-6,8-10H2,1-3H3/t13-/m0/s1. The SMILES string of the molecule is C[C@@H](CCN(C)C)NC1CCN(C(=O)c2ccoc2)CC1. The van der Waals surface area contributed by atoms with Crippen molar-refractivity contribution in [2.24, 2.45) is 0 Å². The molecule has 0 spiro atoms. The summed E-state index contributed by atoms with van der Waals surface area (Å²) >= 11 is 0. The van der Waals surface area contributed by atoms with Gasteiger partial charge in [-0.1, -0.05) is 0 Å². The summed E-state index contributed by atoms with van der Waals surface area (Å²) in [5, 5.41) is 3.69. The van der Waals surface area contributed by atoms with E-state index >= 15 is 0 Å². The molecule has 1 fully saturated rings. The molecule has 118 valence electrons. The summed E-state index contributed by atoms with van der Waals surface area (Å²) < 4.78 is 4.98. The van der Waals surface area contributed by atoms with Gasteiger partial charge in [0.15, 0.2) is 0 Å². The van der Waals surface area contributed by atoms with Crippen LogP contribution in [0.1, 0.15) is 36.5 Å². The Morgan fingerprint density at radius 1 is 1.48 bits per heavy atom. The van der Waals surface area contributed by atoms with Gasteiger partial charge in [0.2, 0.25) is 0 Å². The van der Waals surface area contributed by atoms with Crippen molar-refractivity contribution in [2.75, 3.05) is 33.7 Å². The van der Waals surface area contributed by atoms with E-state index < -0.39 is 0 Å². The molecule has 1 aromatic rings. The van der Waals surface area contributed by atoms with Crippen molar-refractivity contribution < 1.29 is 9.21 Å². The third kappa shape index (κ3) is 4.86. The first-order valence-corrected chi connectivity index (χ1v) is 7.78. The van der Waals surface area contributed by atoms with Gasteiger partial charge >= 0.3 is 0 Å². The molecule has 1 aliphatic rings. The zero-order valence-electron chi connectivity index (χ0n) is 13.3. The second-order valence-corrected chi connectivity index (χ2v) is 6.24. The van der Waals surface area contributed by atoms with Crippen molar-refractivity contribution in [2.45, 2.75) is 38.3 Å². The maximum atomic E-state index is 12.2. The van der Waals surface area contributed by atoms with Crippen LogP contribution in [0, 0.1) is 0 Å². The molecular weight excluding hydrogens is 266 g/mol. The van der Waals surface area contributed by atoms with E-state index in [9.17, 15) is 4.79 Å². The van der Waals surface area contributed by atoms with E-state index in [1.54, 1.807) is 12.3 Å². The second kappa shape index (κ2) is 7.61. The van der Waals surface area contributed by atoms with Crippen molar-refractivity contribution in [3.8, 4) is 0 Å². The lowest BCUT2D eigenvalue weighted by molar-refractivity contribution is 0.0701. The Bertz CT molecular complexity index is 423. The van der Waals surface area contributed by atoms with Crippen LogP contribution in [-0.4, -0.2) is 61.5 Å². The molecule has 5 heteroatoms. The maximum Gasteiger partial charge on any atom is 0.257 e. The average molecular weight is 293 g/mol. The summed E-state index contributed by atoms with van der Waals surface area (Å²) in [5.74, 6) is 0.0860. The van der Waals surface area contributed by atoms with Gasteiger partial charge < -0.3 is 19.5 Å². The Hall–Kier alpha value is -1.33. The van der Waals surface area contributed by atoms with Gasteiger partial charge in [-0.05, 0) is 52.9 Å². The fourth-order valence-corrected chi connectivity index (χ4v) is 2.76. The van der Waals surface area contributed by atoms with E-state index in [0.717, 1.165) is 38.9 Å². The minimum Gasteiger partial charge on any atom is -0.472 e. The quantitative estimate of drug-likeness (QED) is 0.869. The number of nitrogens with one attached hydrogen (secondary N) is 1. The van der Waals surface area contributed by atoms with E-state index in [2.05, 4.69) is 31.2 Å². The Morgan fingerprint density at radius 2 is 2.19 bits per heavy atom. The zero-order chi connectivity index (χ0) is 15.2. The van der Waals surface area contributed by atoms with Crippen LogP contribution in [0.15, 0.2) is 23.0 Å². The van der Waals surface area contributed by atoms with Crippen molar-refractivity contribution in [1.82, 2.24) is 15.1 Å². The van der Waals surface area contributed by atoms with Gasteiger partial charge in [-0.15, -0.1) is 0 Å². The van der Waals surface area contributed by atoms with Gasteiger partial charge in [0.25, 0.3) is 5.91 Å². The Kier molecular flexibility index (Phi) is 5.82. The minimum atomic E-state index is 0.0860. The predicted molar refractivity (Wildman–Crippen MR) is 83.4 cm³/mol. The monoisotopic (exact) mass is 293 g/mol. The van der Waals surface area contributed by atoms with Crippen LogP contribution in [-0.2, 0) is 0 Å². The zero-order valence-corrected chi connectivity index (χ0v) is 13.3. The molecule has 21 heavy (non-hydrogen) atoms. The summed E-state index contributed by atoms with van der Waals surface area (Å²) in [7, 11) is 4.21. The summed E-state index contributed by atoms with van der Waals surface area (Å²) in [5.41, 5.74) is 0.653. The predicted octanol–water partition coefficient (Wildman–Crippen LogP) is 1.81. The molecule has 0 saturated carbocycles. The van der Waals surface area contributed by atoms with Crippen LogP contribution < -0.4 is 5.32 Å². The number of carbonyl (C=O) groups is 1. The van der Waals surface area contributed by atoms with Crippen LogP contribution in [0.4, 0.5) is 0 Å². The number of piperidine rings is 1. The molecule has 1 saturated heterocycles. The van der Waals surface area contributed by atoms with Crippen LogP contribution in [0.25, 0.3) is 0 Å². The fraction of sp³-hybridized carbons (Fsp3) is 0.688. The summed E-state index contributed by atoms with van der Waals surface area (Å²) in [6.07, 6.45) is 6.27. The first-order chi connectivity index (χ1) is 10.1. The van der Waals surface area contributed by atoms with Crippen LogP contribution in [0.5, 0.6) is 0 Å². The minimum absolute atomic E-state index is 0.0860. The lowest BCUT2D eigenvalue weighted by Gasteiger charge is -2.34. The molecule has 5 nitrogen and oxygen atoms in total. The van der Waals surface area contributed by atoms with E-state index in [-0.39, 0.29) is 5.91 Å². The highest BCUT2D eigenvalue weighted by Crippen LogP contribution is 2.15. The summed E-state index contributed by atoms with van der Waals surface area (Å²) in [6.45, 7) is 4.99. The number of hydrogen-bond donors (Lipinski definition) is 1.